The van der Waals surface area contributed by atoms with Crippen molar-refractivity contribution in [2.45, 2.75) is 26.3 Å². The lowest BCUT2D eigenvalue weighted by Gasteiger charge is -2.35. The molecule has 2 heterocycles. The Morgan fingerprint density at radius 1 is 1.23 bits per heavy atom. The molecule has 0 amide bonds. The summed E-state index contributed by atoms with van der Waals surface area (Å²) in [4.78, 5) is 12.7. The van der Waals surface area contributed by atoms with Crippen LogP contribution in [0.15, 0.2) is 29.3 Å². The van der Waals surface area contributed by atoms with E-state index in [0.717, 1.165) is 67.5 Å². The Hall–Kier alpha value is -0.940. The van der Waals surface area contributed by atoms with Crippen molar-refractivity contribution in [2.75, 3.05) is 46.4 Å². The number of rotatable bonds is 7. The number of hydrogen-bond acceptors (Lipinski definition) is 5. The van der Waals surface area contributed by atoms with Crippen LogP contribution in [0.4, 0.5) is 0 Å². The molecule has 2 aromatic rings. The highest BCUT2D eigenvalue weighted by Gasteiger charge is 2.23. The van der Waals surface area contributed by atoms with Gasteiger partial charge >= 0.3 is 0 Å². The molecule has 2 N–H and O–H groups in total. The molecule has 1 aliphatic heterocycles. The SMILES string of the molecule is CN=C(NCCc1nc(C)c(C)s1)NCC(c1ccc(Cl)cc1)N1CCOCC1.I. The zero-order chi connectivity index (χ0) is 20.6. The number of hydrogen-bond donors (Lipinski definition) is 2. The molecule has 0 radical (unpaired) electrons. The van der Waals surface area contributed by atoms with Gasteiger partial charge in [-0.3, -0.25) is 9.89 Å². The van der Waals surface area contributed by atoms with Crippen molar-refractivity contribution < 1.29 is 4.74 Å². The van der Waals surface area contributed by atoms with E-state index in [0.29, 0.717) is 0 Å². The van der Waals surface area contributed by atoms with E-state index in [-0.39, 0.29) is 30.0 Å². The molecule has 1 aromatic carbocycles. The summed E-state index contributed by atoms with van der Waals surface area (Å²) in [7, 11) is 1.80. The predicted octanol–water partition coefficient (Wildman–Crippen LogP) is 3.81. The van der Waals surface area contributed by atoms with Gasteiger partial charge in [-0.05, 0) is 31.5 Å². The smallest absolute Gasteiger partial charge is 0.191 e. The van der Waals surface area contributed by atoms with Gasteiger partial charge in [0.05, 0.1) is 30.0 Å². The number of aryl methyl sites for hydroxylation is 2. The summed E-state index contributed by atoms with van der Waals surface area (Å²) < 4.78 is 5.53. The molecule has 0 bridgehead atoms. The van der Waals surface area contributed by atoms with Gasteiger partial charge in [0.1, 0.15) is 0 Å². The molecule has 1 saturated heterocycles. The number of thiazole rings is 1. The maximum Gasteiger partial charge on any atom is 0.191 e. The molecule has 3 rings (SSSR count). The molecule has 9 heteroatoms. The fourth-order valence-electron chi connectivity index (χ4n) is 3.38. The first kappa shape index (κ1) is 25.3. The molecule has 1 aliphatic rings. The maximum absolute atomic E-state index is 6.09. The van der Waals surface area contributed by atoms with Crippen LogP contribution in [0.2, 0.25) is 5.02 Å². The fourth-order valence-corrected chi connectivity index (χ4v) is 4.44. The van der Waals surface area contributed by atoms with Crippen LogP contribution in [0, 0.1) is 13.8 Å². The van der Waals surface area contributed by atoms with Crippen molar-refractivity contribution in [2.24, 2.45) is 4.99 Å². The van der Waals surface area contributed by atoms with E-state index in [1.807, 2.05) is 12.1 Å². The Morgan fingerprint density at radius 3 is 2.53 bits per heavy atom. The van der Waals surface area contributed by atoms with Crippen molar-refractivity contribution in [3.8, 4) is 0 Å². The van der Waals surface area contributed by atoms with E-state index in [1.165, 1.54) is 10.4 Å². The van der Waals surface area contributed by atoms with Crippen molar-refractivity contribution in [3.63, 3.8) is 0 Å². The predicted molar refractivity (Wildman–Crippen MR) is 137 cm³/mol. The normalized spacial score (nSPS) is 16.1. The third-order valence-electron chi connectivity index (χ3n) is 5.13. The Morgan fingerprint density at radius 2 is 1.93 bits per heavy atom. The van der Waals surface area contributed by atoms with Gasteiger partial charge in [0.25, 0.3) is 0 Å². The minimum atomic E-state index is 0. The first-order valence-corrected chi connectivity index (χ1v) is 11.2. The number of guanidine groups is 1. The Balaban J connectivity index is 0.00000320. The standard InChI is InChI=1S/C21H30ClN5OS.HI/c1-15-16(2)29-20(26-15)8-9-24-21(23-3)25-14-19(27-10-12-28-13-11-27)17-4-6-18(22)7-5-17;/h4-7,19H,8-14H2,1-3H3,(H2,23,24,25);1H. The van der Waals surface area contributed by atoms with Crippen molar-refractivity contribution in [1.29, 1.82) is 0 Å². The molecule has 1 atom stereocenters. The van der Waals surface area contributed by atoms with Gasteiger partial charge in [0, 0.05) is 49.5 Å². The lowest BCUT2D eigenvalue weighted by molar-refractivity contribution is 0.0170. The highest BCUT2D eigenvalue weighted by Crippen LogP contribution is 2.23. The summed E-state index contributed by atoms with van der Waals surface area (Å²) in [5, 5.41) is 8.82. The van der Waals surface area contributed by atoms with Gasteiger partial charge in [-0.15, -0.1) is 35.3 Å². The molecule has 1 aromatic heterocycles. The van der Waals surface area contributed by atoms with Crippen LogP contribution in [-0.2, 0) is 11.2 Å². The molecule has 1 unspecified atom stereocenters. The van der Waals surface area contributed by atoms with Gasteiger partial charge in [-0.1, -0.05) is 23.7 Å². The van der Waals surface area contributed by atoms with Crippen LogP contribution in [0.1, 0.15) is 27.2 Å². The summed E-state index contributed by atoms with van der Waals surface area (Å²) in [6.45, 7) is 9.12. The van der Waals surface area contributed by atoms with Gasteiger partial charge in [0.15, 0.2) is 5.96 Å². The van der Waals surface area contributed by atoms with Crippen molar-refractivity contribution in [3.05, 3.63) is 50.4 Å². The molecular formula is C21H31ClIN5OS. The van der Waals surface area contributed by atoms with Gasteiger partial charge < -0.3 is 15.4 Å². The molecule has 0 saturated carbocycles. The maximum atomic E-state index is 6.09. The minimum Gasteiger partial charge on any atom is -0.379 e. The molecule has 0 spiro atoms. The number of aromatic nitrogens is 1. The van der Waals surface area contributed by atoms with Crippen molar-refractivity contribution in [1.82, 2.24) is 20.5 Å². The molecule has 6 nitrogen and oxygen atoms in total. The zero-order valence-electron chi connectivity index (χ0n) is 17.8. The number of benzene rings is 1. The lowest BCUT2D eigenvalue weighted by Crippen LogP contribution is -2.46. The van der Waals surface area contributed by atoms with E-state index in [4.69, 9.17) is 16.3 Å². The van der Waals surface area contributed by atoms with E-state index in [9.17, 15) is 0 Å². The molecule has 166 valence electrons. The number of nitrogens with one attached hydrogen (secondary N) is 2. The quantitative estimate of drug-likeness (QED) is 0.305. The monoisotopic (exact) mass is 563 g/mol. The first-order valence-electron chi connectivity index (χ1n) is 10.0. The van der Waals surface area contributed by atoms with Gasteiger partial charge in [-0.2, -0.15) is 0 Å². The van der Waals surface area contributed by atoms with E-state index in [1.54, 1.807) is 18.4 Å². The minimum absolute atomic E-state index is 0. The molecule has 1 fully saturated rings. The third kappa shape index (κ3) is 7.33. The third-order valence-corrected chi connectivity index (χ3v) is 6.52. The summed E-state index contributed by atoms with van der Waals surface area (Å²) in [6.07, 6.45) is 0.893. The van der Waals surface area contributed by atoms with Gasteiger partial charge in [0.2, 0.25) is 0 Å². The zero-order valence-corrected chi connectivity index (χ0v) is 21.7. The van der Waals surface area contributed by atoms with Crippen LogP contribution < -0.4 is 10.6 Å². The number of aliphatic imine (C=N–C) groups is 1. The first-order chi connectivity index (χ1) is 14.1. The van der Waals surface area contributed by atoms with Crippen LogP contribution in [0.3, 0.4) is 0 Å². The summed E-state index contributed by atoms with van der Waals surface area (Å²) in [6, 6.07) is 8.35. The highest BCUT2D eigenvalue weighted by atomic mass is 127. The number of nitrogens with zero attached hydrogens (tertiary/aromatic N) is 3. The number of halogens is 2. The second-order valence-corrected chi connectivity index (χ2v) is 8.82. The van der Waals surface area contributed by atoms with Crippen LogP contribution in [0.25, 0.3) is 0 Å². The highest BCUT2D eigenvalue weighted by molar-refractivity contribution is 14.0. The van der Waals surface area contributed by atoms with Crippen LogP contribution >= 0.6 is 46.9 Å². The summed E-state index contributed by atoms with van der Waals surface area (Å²) in [5.74, 6) is 0.808. The Bertz CT molecular complexity index is 789. The Labute approximate surface area is 205 Å². The average Bonchev–Trinajstić information content (AvgIpc) is 3.06. The molecule has 30 heavy (non-hydrogen) atoms. The van der Waals surface area contributed by atoms with E-state index in [2.05, 4.69) is 51.5 Å². The summed E-state index contributed by atoms with van der Waals surface area (Å²) in [5.41, 5.74) is 2.37. The second-order valence-electron chi connectivity index (χ2n) is 7.09. The van der Waals surface area contributed by atoms with Crippen molar-refractivity contribution >= 4 is 52.9 Å². The summed E-state index contributed by atoms with van der Waals surface area (Å²) >= 11 is 7.86. The Kier molecular flexibility index (Phi) is 10.8. The fraction of sp³-hybridized carbons (Fsp3) is 0.524. The topological polar surface area (TPSA) is 61.8 Å². The van der Waals surface area contributed by atoms with Crippen LogP contribution in [0.5, 0.6) is 0 Å². The number of ether oxygens (including phenoxy) is 1. The largest absolute Gasteiger partial charge is 0.379 e. The van der Waals surface area contributed by atoms with E-state index < -0.39 is 0 Å². The van der Waals surface area contributed by atoms with E-state index >= 15 is 0 Å². The molecular weight excluding hydrogens is 533 g/mol. The lowest BCUT2D eigenvalue weighted by atomic mass is 10.0. The second kappa shape index (κ2) is 12.8. The van der Waals surface area contributed by atoms with Crippen LogP contribution in [-0.4, -0.2) is 62.3 Å². The average molecular weight is 564 g/mol. The van der Waals surface area contributed by atoms with Gasteiger partial charge in [-0.25, -0.2) is 4.98 Å². The molecule has 0 aliphatic carbocycles. The number of morpholine rings is 1.